The number of nitrogens with zero attached hydrogens (tertiary/aromatic N) is 2. The molecule has 0 aliphatic carbocycles. The van der Waals surface area contributed by atoms with E-state index in [1.54, 1.807) is 6.92 Å². The Morgan fingerprint density at radius 2 is 2.17 bits per heavy atom. The highest BCUT2D eigenvalue weighted by Crippen LogP contribution is 2.08. The third-order valence-electron chi connectivity index (χ3n) is 2.58. The number of nitrogens with one attached hydrogen (secondary N) is 3. The van der Waals surface area contributed by atoms with Crippen LogP contribution in [0.4, 0.5) is 5.95 Å². The van der Waals surface area contributed by atoms with Crippen LogP contribution in [-0.4, -0.2) is 37.8 Å². The zero-order valence-corrected chi connectivity index (χ0v) is 9.99. The molecule has 8 heteroatoms. The number of fused-ring (bicyclic) bond motifs is 1. The fourth-order valence-corrected chi connectivity index (χ4v) is 1.70. The number of aliphatic hydroxyl groups excluding tert-OH is 1. The molecule has 2 rings (SSSR count). The third kappa shape index (κ3) is 2.14. The highest BCUT2D eigenvalue weighted by Gasteiger charge is 2.11. The Labute approximate surface area is 102 Å². The zero-order chi connectivity index (χ0) is 13.1. The number of aromatic amines is 2. The summed E-state index contributed by atoms with van der Waals surface area (Å²) in [4.78, 5) is 32.4. The molecule has 0 radical (unpaired) electrons. The second-order valence-electron chi connectivity index (χ2n) is 3.79. The van der Waals surface area contributed by atoms with E-state index < -0.39 is 11.2 Å². The van der Waals surface area contributed by atoms with Crippen molar-refractivity contribution in [2.75, 3.05) is 18.5 Å². The van der Waals surface area contributed by atoms with Crippen molar-refractivity contribution in [3.05, 3.63) is 20.8 Å². The van der Waals surface area contributed by atoms with Crippen LogP contribution in [0, 0.1) is 0 Å². The predicted molar refractivity (Wildman–Crippen MR) is 66.8 cm³/mol. The van der Waals surface area contributed by atoms with Crippen molar-refractivity contribution in [2.45, 2.75) is 19.9 Å². The summed E-state index contributed by atoms with van der Waals surface area (Å²) in [6.07, 6.45) is 0.577. The maximum atomic E-state index is 11.6. The van der Waals surface area contributed by atoms with Gasteiger partial charge in [0.15, 0.2) is 11.2 Å². The van der Waals surface area contributed by atoms with Crippen LogP contribution in [0.25, 0.3) is 11.2 Å². The molecular weight excluding hydrogens is 238 g/mol. The van der Waals surface area contributed by atoms with E-state index in [0.717, 1.165) is 0 Å². The van der Waals surface area contributed by atoms with E-state index in [4.69, 9.17) is 5.11 Å². The van der Waals surface area contributed by atoms with Crippen molar-refractivity contribution >= 4 is 17.1 Å². The molecule has 2 aromatic rings. The normalized spacial score (nSPS) is 11.0. The first kappa shape index (κ1) is 12.4. The van der Waals surface area contributed by atoms with Gasteiger partial charge in [0.1, 0.15) is 0 Å². The maximum absolute atomic E-state index is 11.6. The van der Waals surface area contributed by atoms with Gasteiger partial charge in [0, 0.05) is 19.7 Å². The lowest BCUT2D eigenvalue weighted by Gasteiger charge is -2.00. The van der Waals surface area contributed by atoms with E-state index in [1.807, 2.05) is 0 Å². The van der Waals surface area contributed by atoms with Crippen molar-refractivity contribution in [3.8, 4) is 0 Å². The first-order chi connectivity index (χ1) is 8.67. The van der Waals surface area contributed by atoms with Crippen LogP contribution in [0.1, 0.15) is 13.3 Å². The van der Waals surface area contributed by atoms with Gasteiger partial charge in [0.2, 0.25) is 5.95 Å². The molecule has 4 N–H and O–H groups in total. The van der Waals surface area contributed by atoms with Gasteiger partial charge >= 0.3 is 5.69 Å². The highest BCUT2D eigenvalue weighted by atomic mass is 16.3. The second kappa shape index (κ2) is 5.05. The van der Waals surface area contributed by atoms with Crippen molar-refractivity contribution in [2.24, 2.45) is 0 Å². The molecule has 0 amide bonds. The van der Waals surface area contributed by atoms with E-state index in [9.17, 15) is 9.59 Å². The van der Waals surface area contributed by atoms with E-state index in [1.165, 1.54) is 4.57 Å². The summed E-state index contributed by atoms with van der Waals surface area (Å²) in [7, 11) is 0. The maximum Gasteiger partial charge on any atom is 0.330 e. The van der Waals surface area contributed by atoms with Gasteiger partial charge in [-0.1, -0.05) is 0 Å². The molecule has 0 unspecified atom stereocenters. The minimum absolute atomic E-state index is 0.0769. The summed E-state index contributed by atoms with van der Waals surface area (Å²) < 4.78 is 1.38. The van der Waals surface area contributed by atoms with Gasteiger partial charge in [-0.2, -0.15) is 4.98 Å². The number of aliphatic hydroxyl groups is 1. The van der Waals surface area contributed by atoms with E-state index in [0.29, 0.717) is 31.1 Å². The van der Waals surface area contributed by atoms with Crippen molar-refractivity contribution in [1.29, 1.82) is 0 Å². The smallest absolute Gasteiger partial charge is 0.330 e. The molecule has 0 fully saturated rings. The second-order valence-corrected chi connectivity index (χ2v) is 3.79. The lowest BCUT2D eigenvalue weighted by Crippen LogP contribution is -2.29. The summed E-state index contributed by atoms with van der Waals surface area (Å²) in [5.74, 6) is 0.414. The first-order valence-electron chi connectivity index (χ1n) is 5.75. The number of aromatic nitrogens is 4. The standard InChI is InChI=1S/C10H15N5O3/c1-2-15-7-6(8(17)14-10(15)18)12-9(13-7)11-4-3-5-16/h16H,2-5H2,1H3,(H2,11,12,13)(H,14,17,18). The SMILES string of the molecule is CCn1c(=O)[nH]c(=O)c2[nH]c(NCCCO)nc21. The largest absolute Gasteiger partial charge is 0.396 e. The van der Waals surface area contributed by atoms with Gasteiger partial charge in [-0.3, -0.25) is 14.3 Å². The molecule has 2 heterocycles. The number of anilines is 1. The van der Waals surface area contributed by atoms with Crippen LogP contribution in [0.3, 0.4) is 0 Å². The van der Waals surface area contributed by atoms with Gasteiger partial charge in [-0.05, 0) is 13.3 Å². The average Bonchev–Trinajstić information content (AvgIpc) is 2.74. The molecule has 0 spiro atoms. The molecular formula is C10H15N5O3. The summed E-state index contributed by atoms with van der Waals surface area (Å²) in [5, 5.41) is 11.6. The topological polar surface area (TPSA) is 116 Å². The molecule has 0 aliphatic rings. The third-order valence-corrected chi connectivity index (χ3v) is 2.58. The predicted octanol–water partition coefficient (Wildman–Crippen LogP) is -0.773. The monoisotopic (exact) mass is 253 g/mol. The molecule has 0 saturated heterocycles. The fraction of sp³-hybridized carbons (Fsp3) is 0.500. The van der Waals surface area contributed by atoms with Gasteiger partial charge in [0.05, 0.1) is 0 Å². The summed E-state index contributed by atoms with van der Waals surface area (Å²) in [6, 6.07) is 0. The van der Waals surface area contributed by atoms with Crippen molar-refractivity contribution in [1.82, 2.24) is 19.5 Å². The van der Waals surface area contributed by atoms with Crippen LogP contribution >= 0.6 is 0 Å². The van der Waals surface area contributed by atoms with Gasteiger partial charge < -0.3 is 15.4 Å². The van der Waals surface area contributed by atoms with Crippen LogP contribution < -0.4 is 16.6 Å². The van der Waals surface area contributed by atoms with Gasteiger partial charge in [-0.15, -0.1) is 0 Å². The quantitative estimate of drug-likeness (QED) is 0.522. The van der Waals surface area contributed by atoms with E-state index in [-0.39, 0.29) is 12.1 Å². The summed E-state index contributed by atoms with van der Waals surface area (Å²) >= 11 is 0. The zero-order valence-electron chi connectivity index (χ0n) is 9.99. The Morgan fingerprint density at radius 1 is 1.39 bits per heavy atom. The number of H-pyrrole nitrogens is 2. The van der Waals surface area contributed by atoms with Crippen molar-refractivity contribution < 1.29 is 5.11 Å². The first-order valence-corrected chi connectivity index (χ1v) is 5.75. The van der Waals surface area contributed by atoms with Crippen molar-refractivity contribution in [3.63, 3.8) is 0 Å². The summed E-state index contributed by atoms with van der Waals surface area (Å²) in [6.45, 7) is 2.83. The number of aryl methyl sites for hydroxylation is 1. The van der Waals surface area contributed by atoms with Crippen LogP contribution in [-0.2, 0) is 6.54 Å². The van der Waals surface area contributed by atoms with E-state index >= 15 is 0 Å². The molecule has 0 aliphatic heterocycles. The van der Waals surface area contributed by atoms with Crippen LogP contribution in [0.2, 0.25) is 0 Å². The molecule has 0 bridgehead atoms. The molecule has 18 heavy (non-hydrogen) atoms. The Bertz CT molecular complexity index is 654. The molecule has 2 aromatic heterocycles. The Hall–Kier alpha value is -2.09. The minimum atomic E-state index is -0.484. The van der Waals surface area contributed by atoms with Crippen LogP contribution in [0.5, 0.6) is 0 Å². The highest BCUT2D eigenvalue weighted by molar-refractivity contribution is 5.72. The number of hydrogen-bond donors (Lipinski definition) is 4. The van der Waals surface area contributed by atoms with Gasteiger partial charge in [0.25, 0.3) is 5.56 Å². The number of hydrogen-bond acceptors (Lipinski definition) is 5. The fourth-order valence-electron chi connectivity index (χ4n) is 1.70. The molecule has 0 atom stereocenters. The molecule has 8 nitrogen and oxygen atoms in total. The summed E-state index contributed by atoms with van der Waals surface area (Å²) in [5.41, 5.74) is -0.355. The lowest BCUT2D eigenvalue weighted by atomic mass is 10.4. The Kier molecular flexibility index (Phi) is 3.47. The molecule has 0 saturated carbocycles. The van der Waals surface area contributed by atoms with Crippen LogP contribution in [0.15, 0.2) is 9.59 Å². The van der Waals surface area contributed by atoms with E-state index in [2.05, 4.69) is 20.3 Å². The average molecular weight is 253 g/mol. The Balaban J connectivity index is 2.46. The number of rotatable bonds is 5. The Morgan fingerprint density at radius 3 is 2.83 bits per heavy atom. The minimum Gasteiger partial charge on any atom is -0.396 e. The molecule has 0 aromatic carbocycles. The van der Waals surface area contributed by atoms with Gasteiger partial charge in [-0.25, -0.2) is 4.79 Å². The lowest BCUT2D eigenvalue weighted by molar-refractivity contribution is 0.292. The number of imidazole rings is 1. The molecule has 98 valence electrons.